The van der Waals surface area contributed by atoms with Gasteiger partial charge in [-0.3, -0.25) is 9.48 Å². The van der Waals surface area contributed by atoms with Crippen LogP contribution >= 0.6 is 12.4 Å². The van der Waals surface area contributed by atoms with E-state index in [1.807, 2.05) is 20.3 Å². The van der Waals surface area contributed by atoms with E-state index in [1.165, 1.54) is 32.1 Å². The molecular weight excluding hydrogens is 300 g/mol. The van der Waals surface area contributed by atoms with E-state index < -0.39 is 0 Å². The van der Waals surface area contributed by atoms with Gasteiger partial charge in [-0.1, -0.05) is 26.2 Å². The molecule has 1 amide bonds. The first-order valence-corrected chi connectivity index (χ1v) is 8.07. The lowest BCUT2D eigenvalue weighted by atomic mass is 9.81. The minimum atomic E-state index is -0.314. The Morgan fingerprint density at radius 1 is 1.36 bits per heavy atom. The van der Waals surface area contributed by atoms with E-state index in [0.29, 0.717) is 5.92 Å². The van der Waals surface area contributed by atoms with Crippen molar-refractivity contribution >= 4 is 18.3 Å². The summed E-state index contributed by atoms with van der Waals surface area (Å²) in [6, 6.07) is -0.314. The lowest BCUT2D eigenvalue weighted by Gasteiger charge is -2.28. The second-order valence-electron chi connectivity index (χ2n) is 6.21. The number of amides is 1. The molecule has 0 spiro atoms. The van der Waals surface area contributed by atoms with Gasteiger partial charge in [-0.15, -0.1) is 12.4 Å². The van der Waals surface area contributed by atoms with Gasteiger partial charge in [0.1, 0.15) is 6.04 Å². The second-order valence-corrected chi connectivity index (χ2v) is 6.21. The molecule has 5 nitrogen and oxygen atoms in total. The molecular formula is C16H29ClN4O. The molecule has 1 saturated carbocycles. The predicted molar refractivity (Wildman–Crippen MR) is 91.0 cm³/mol. The van der Waals surface area contributed by atoms with Gasteiger partial charge in [-0.25, -0.2) is 0 Å². The Hall–Kier alpha value is -1.07. The predicted octanol–water partition coefficient (Wildman–Crippen LogP) is 2.44. The molecule has 1 aromatic rings. The number of aromatic nitrogens is 2. The molecule has 2 rings (SSSR count). The molecule has 0 radical (unpaired) electrons. The van der Waals surface area contributed by atoms with Crippen LogP contribution in [0.5, 0.6) is 0 Å². The Labute approximate surface area is 139 Å². The molecule has 0 bridgehead atoms. The normalized spacial score (nSPS) is 22.7. The first-order chi connectivity index (χ1) is 10.1. The summed E-state index contributed by atoms with van der Waals surface area (Å²) in [5.41, 5.74) is 0.909. The van der Waals surface area contributed by atoms with Crippen LogP contribution in [0, 0.1) is 11.8 Å². The summed E-state index contributed by atoms with van der Waals surface area (Å²) in [6.45, 7) is 3.08. The Balaban J connectivity index is 0.00000242. The van der Waals surface area contributed by atoms with Gasteiger partial charge in [0.05, 0.1) is 6.20 Å². The van der Waals surface area contributed by atoms with Gasteiger partial charge in [0, 0.05) is 25.4 Å². The fourth-order valence-corrected chi connectivity index (χ4v) is 3.23. The van der Waals surface area contributed by atoms with E-state index in [9.17, 15) is 4.79 Å². The molecule has 1 heterocycles. The number of carbonyl (C=O) groups is 1. The lowest BCUT2D eigenvalue weighted by molar-refractivity contribution is -0.123. The Morgan fingerprint density at radius 3 is 2.50 bits per heavy atom. The minimum absolute atomic E-state index is 0. The summed E-state index contributed by atoms with van der Waals surface area (Å²) >= 11 is 0. The van der Waals surface area contributed by atoms with Crippen LogP contribution in [0.1, 0.15) is 50.6 Å². The highest BCUT2D eigenvalue weighted by Gasteiger charge is 2.23. The zero-order chi connectivity index (χ0) is 15.2. The molecule has 0 saturated heterocycles. The number of aryl methyl sites for hydroxylation is 1. The average Bonchev–Trinajstić information content (AvgIpc) is 2.92. The van der Waals surface area contributed by atoms with E-state index in [-0.39, 0.29) is 24.4 Å². The van der Waals surface area contributed by atoms with Crippen molar-refractivity contribution in [2.24, 2.45) is 18.9 Å². The highest BCUT2D eigenvalue weighted by atomic mass is 35.5. The highest BCUT2D eigenvalue weighted by molar-refractivity contribution is 5.85. The molecule has 6 heteroatoms. The molecule has 1 aliphatic carbocycles. The third kappa shape index (κ3) is 4.99. The zero-order valence-corrected chi connectivity index (χ0v) is 14.7. The van der Waals surface area contributed by atoms with Crippen molar-refractivity contribution < 1.29 is 4.79 Å². The zero-order valence-electron chi connectivity index (χ0n) is 13.8. The van der Waals surface area contributed by atoms with Crippen molar-refractivity contribution in [2.45, 2.75) is 45.1 Å². The van der Waals surface area contributed by atoms with E-state index in [1.54, 1.807) is 10.9 Å². The maximum Gasteiger partial charge on any atom is 0.241 e. The summed E-state index contributed by atoms with van der Waals surface area (Å²) < 4.78 is 1.72. The summed E-state index contributed by atoms with van der Waals surface area (Å²) in [6.07, 6.45) is 10.0. The van der Waals surface area contributed by atoms with Crippen LogP contribution in [-0.2, 0) is 11.8 Å². The Kier molecular flexibility index (Phi) is 7.90. The maximum absolute atomic E-state index is 12.3. The average molecular weight is 329 g/mol. The summed E-state index contributed by atoms with van der Waals surface area (Å²) in [7, 11) is 3.67. The number of halogens is 1. The Bertz CT molecular complexity index is 455. The summed E-state index contributed by atoms with van der Waals surface area (Å²) in [5, 5.41) is 10.3. The van der Waals surface area contributed by atoms with Gasteiger partial charge in [0.25, 0.3) is 0 Å². The van der Waals surface area contributed by atoms with Crippen molar-refractivity contribution in [3.63, 3.8) is 0 Å². The van der Waals surface area contributed by atoms with Crippen LogP contribution in [-0.4, -0.2) is 29.3 Å². The topological polar surface area (TPSA) is 59.0 Å². The molecule has 0 aliphatic heterocycles. The minimum Gasteiger partial charge on any atom is -0.354 e. The van der Waals surface area contributed by atoms with Crippen LogP contribution in [0.15, 0.2) is 12.4 Å². The number of nitrogens with zero attached hydrogens (tertiary/aromatic N) is 2. The number of hydrogen-bond acceptors (Lipinski definition) is 3. The van der Waals surface area contributed by atoms with E-state index in [2.05, 4.69) is 22.7 Å². The van der Waals surface area contributed by atoms with Crippen LogP contribution in [0.2, 0.25) is 0 Å². The SMILES string of the molecule is CCC1CCC(CNC(=O)C(NC)c2cnn(C)c2)CC1.Cl. The first-order valence-electron chi connectivity index (χ1n) is 8.07. The monoisotopic (exact) mass is 328 g/mol. The van der Waals surface area contributed by atoms with Gasteiger partial charge < -0.3 is 10.6 Å². The summed E-state index contributed by atoms with van der Waals surface area (Å²) in [4.78, 5) is 12.3. The molecule has 22 heavy (non-hydrogen) atoms. The van der Waals surface area contributed by atoms with Gasteiger partial charge in [0.2, 0.25) is 5.91 Å². The largest absolute Gasteiger partial charge is 0.354 e. The Morgan fingerprint density at radius 2 is 2.00 bits per heavy atom. The number of likely N-dealkylation sites (N-methyl/N-ethyl adjacent to an activating group) is 1. The van der Waals surface area contributed by atoms with Crippen molar-refractivity contribution in [3.8, 4) is 0 Å². The van der Waals surface area contributed by atoms with Crippen molar-refractivity contribution in [1.29, 1.82) is 0 Å². The number of carbonyl (C=O) groups excluding carboxylic acids is 1. The molecule has 126 valence electrons. The van der Waals surface area contributed by atoms with Crippen molar-refractivity contribution in [2.75, 3.05) is 13.6 Å². The van der Waals surface area contributed by atoms with E-state index >= 15 is 0 Å². The van der Waals surface area contributed by atoms with Crippen molar-refractivity contribution in [3.05, 3.63) is 18.0 Å². The second kappa shape index (κ2) is 9.16. The van der Waals surface area contributed by atoms with Crippen molar-refractivity contribution in [1.82, 2.24) is 20.4 Å². The lowest BCUT2D eigenvalue weighted by Crippen LogP contribution is -2.39. The fraction of sp³-hybridized carbons (Fsp3) is 0.750. The van der Waals surface area contributed by atoms with Crippen LogP contribution in [0.4, 0.5) is 0 Å². The summed E-state index contributed by atoms with van der Waals surface area (Å²) in [5.74, 6) is 1.59. The highest BCUT2D eigenvalue weighted by Crippen LogP contribution is 2.30. The van der Waals surface area contributed by atoms with Gasteiger partial charge in [-0.2, -0.15) is 5.10 Å². The van der Waals surface area contributed by atoms with Crippen LogP contribution in [0.3, 0.4) is 0 Å². The van der Waals surface area contributed by atoms with Crippen LogP contribution in [0.25, 0.3) is 0 Å². The molecule has 0 aromatic carbocycles. The standard InChI is InChI=1S/C16H28N4O.ClH/c1-4-12-5-7-13(8-6-12)9-18-16(21)15(17-2)14-10-19-20(3)11-14;/h10-13,15,17H,4-9H2,1-3H3,(H,18,21);1H. The third-order valence-corrected chi connectivity index (χ3v) is 4.72. The van der Waals surface area contributed by atoms with Crippen LogP contribution < -0.4 is 10.6 Å². The molecule has 1 unspecified atom stereocenters. The maximum atomic E-state index is 12.3. The molecule has 1 aromatic heterocycles. The smallest absolute Gasteiger partial charge is 0.241 e. The quantitative estimate of drug-likeness (QED) is 0.843. The first kappa shape index (κ1) is 19.0. The molecule has 2 N–H and O–H groups in total. The number of nitrogens with one attached hydrogen (secondary N) is 2. The molecule has 1 atom stereocenters. The van der Waals surface area contributed by atoms with E-state index in [4.69, 9.17) is 0 Å². The van der Waals surface area contributed by atoms with Gasteiger partial charge in [0.15, 0.2) is 0 Å². The fourth-order valence-electron chi connectivity index (χ4n) is 3.23. The van der Waals surface area contributed by atoms with E-state index in [0.717, 1.165) is 18.0 Å². The molecule has 1 fully saturated rings. The number of rotatable bonds is 6. The van der Waals surface area contributed by atoms with Gasteiger partial charge >= 0.3 is 0 Å². The molecule has 1 aliphatic rings. The number of hydrogen-bond donors (Lipinski definition) is 2. The third-order valence-electron chi connectivity index (χ3n) is 4.72. The van der Waals surface area contributed by atoms with Gasteiger partial charge in [-0.05, 0) is 31.7 Å².